The zero-order valence-electron chi connectivity index (χ0n) is 14.5. The van der Waals surface area contributed by atoms with Crippen LogP contribution < -0.4 is 0 Å². The lowest BCUT2D eigenvalue weighted by molar-refractivity contribution is 0.285. The monoisotopic (exact) mass is 327 g/mol. The Morgan fingerprint density at radius 2 is 1.57 bits per heavy atom. The Hall–Kier alpha value is -1.66. The maximum Gasteiger partial charge on any atom is 0.598 e. The maximum atomic E-state index is 12.8. The second kappa shape index (κ2) is 5.46. The van der Waals surface area contributed by atoms with Crippen molar-refractivity contribution in [1.29, 1.82) is 0 Å². The molecule has 0 radical (unpaired) electrons. The topological polar surface area (TPSA) is 30.2 Å². The van der Waals surface area contributed by atoms with Crippen LogP contribution >= 0.6 is 7.65 Å². The number of hydrogen-bond acceptors (Lipinski definition) is 2. The zero-order valence-corrected chi connectivity index (χ0v) is 15.4. The minimum absolute atomic E-state index is 0.0652. The average Bonchev–Trinajstić information content (AvgIpc) is 2.44. The van der Waals surface area contributed by atoms with E-state index in [0.29, 0.717) is 5.58 Å². The molecular weight excluding hydrogens is 303 g/mol. The van der Waals surface area contributed by atoms with Crippen LogP contribution in [-0.4, -0.2) is 0 Å². The van der Waals surface area contributed by atoms with Crippen molar-refractivity contribution in [1.82, 2.24) is 0 Å². The molecular formula is C20H24O2P+. The van der Waals surface area contributed by atoms with E-state index in [1.165, 1.54) is 0 Å². The molecule has 0 N–H and O–H groups in total. The molecule has 120 valence electrons. The summed E-state index contributed by atoms with van der Waals surface area (Å²) in [7, 11) is -1.87. The van der Waals surface area contributed by atoms with Crippen molar-refractivity contribution in [2.45, 2.75) is 46.5 Å². The third kappa shape index (κ3) is 3.05. The Balaban J connectivity index is 2.36. The lowest BCUT2D eigenvalue weighted by Gasteiger charge is -2.32. The molecule has 1 aromatic heterocycles. The van der Waals surface area contributed by atoms with E-state index in [2.05, 4.69) is 52.8 Å². The summed E-state index contributed by atoms with van der Waals surface area (Å²) in [5.41, 5.74) is 1.99. The highest BCUT2D eigenvalue weighted by molar-refractivity contribution is 7.37. The van der Waals surface area contributed by atoms with E-state index in [4.69, 9.17) is 4.20 Å². The van der Waals surface area contributed by atoms with Crippen molar-refractivity contribution >= 4 is 29.1 Å². The van der Waals surface area contributed by atoms with E-state index in [9.17, 15) is 4.57 Å². The second-order valence-corrected chi connectivity index (χ2v) is 9.31. The van der Waals surface area contributed by atoms with Crippen LogP contribution in [0.4, 0.5) is 0 Å². The van der Waals surface area contributed by atoms with Crippen LogP contribution in [0.15, 0.2) is 46.7 Å². The number of benzene rings is 2. The molecule has 1 unspecified atom stereocenters. The summed E-state index contributed by atoms with van der Waals surface area (Å²) in [4.78, 5) is 0. The van der Waals surface area contributed by atoms with Gasteiger partial charge in [-0.25, -0.2) is 4.20 Å². The highest BCUT2D eigenvalue weighted by Crippen LogP contribution is 2.44. The molecule has 0 aliphatic carbocycles. The Labute approximate surface area is 138 Å². The van der Waals surface area contributed by atoms with E-state index >= 15 is 0 Å². The van der Waals surface area contributed by atoms with E-state index < -0.39 is 7.65 Å². The molecule has 3 aromatic rings. The number of fused-ring (bicyclic) bond motifs is 3. The normalized spacial score (nSPS) is 13.7. The van der Waals surface area contributed by atoms with Gasteiger partial charge in [-0.15, -0.1) is 0 Å². The van der Waals surface area contributed by atoms with Gasteiger partial charge in [0.2, 0.25) is 5.12 Å². The first-order valence-corrected chi connectivity index (χ1v) is 9.25. The van der Waals surface area contributed by atoms with Crippen molar-refractivity contribution in [2.75, 3.05) is 0 Å². The summed E-state index contributed by atoms with van der Waals surface area (Å²) < 4.78 is 18.5. The predicted octanol–water partition coefficient (Wildman–Crippen LogP) is 7.04. The molecule has 0 spiro atoms. The molecule has 3 heteroatoms. The van der Waals surface area contributed by atoms with Gasteiger partial charge in [-0.1, -0.05) is 65.0 Å². The molecule has 0 fully saturated rings. The van der Waals surface area contributed by atoms with Crippen LogP contribution in [0, 0.1) is 5.41 Å². The molecule has 0 amide bonds. The van der Waals surface area contributed by atoms with Crippen molar-refractivity contribution < 1.29 is 8.76 Å². The lowest BCUT2D eigenvalue weighted by atomic mass is 9.72. The number of hydrogen-bond donors (Lipinski definition) is 0. The van der Waals surface area contributed by atoms with Gasteiger partial charge in [0.25, 0.3) is 0 Å². The molecule has 0 aliphatic rings. The fourth-order valence-electron chi connectivity index (χ4n) is 3.83. The van der Waals surface area contributed by atoms with Gasteiger partial charge < -0.3 is 0 Å². The van der Waals surface area contributed by atoms with Gasteiger partial charge in [0.1, 0.15) is 0 Å². The molecule has 23 heavy (non-hydrogen) atoms. The van der Waals surface area contributed by atoms with Crippen LogP contribution in [0.5, 0.6) is 0 Å². The third-order valence-corrected chi connectivity index (χ3v) is 5.49. The van der Waals surface area contributed by atoms with Crippen molar-refractivity contribution in [3.05, 3.63) is 48.0 Å². The van der Waals surface area contributed by atoms with Gasteiger partial charge in [0.05, 0.1) is 0 Å². The molecule has 1 atom stereocenters. The first kappa shape index (κ1) is 16.2. The summed E-state index contributed by atoms with van der Waals surface area (Å²) in [5, 5.41) is 2.95. The number of para-hydroxylation sites is 1. The molecule has 2 nitrogen and oxygen atoms in total. The average molecular weight is 327 g/mol. The third-order valence-electron chi connectivity index (χ3n) is 4.28. The summed E-state index contributed by atoms with van der Waals surface area (Å²) in [6.45, 7) is 11.2. The van der Waals surface area contributed by atoms with Crippen LogP contribution in [-0.2, 0) is 9.98 Å². The van der Waals surface area contributed by atoms with Crippen LogP contribution in [0.1, 0.15) is 46.6 Å². The fourth-order valence-corrected chi connectivity index (χ4v) is 5.22. The van der Waals surface area contributed by atoms with Crippen LogP contribution in [0.3, 0.4) is 0 Å². The fraction of sp³-hybridized carbons (Fsp3) is 0.400. The first-order valence-electron chi connectivity index (χ1n) is 8.07. The van der Waals surface area contributed by atoms with E-state index in [1.54, 1.807) is 0 Å². The highest BCUT2D eigenvalue weighted by atomic mass is 31.1. The van der Waals surface area contributed by atoms with Gasteiger partial charge in [0.15, 0.2) is 5.58 Å². The van der Waals surface area contributed by atoms with E-state index in [1.807, 2.05) is 24.3 Å². The van der Waals surface area contributed by atoms with E-state index in [0.717, 1.165) is 27.9 Å². The van der Waals surface area contributed by atoms with Gasteiger partial charge in [-0.2, -0.15) is 0 Å². The van der Waals surface area contributed by atoms with Crippen LogP contribution in [0.2, 0.25) is 0 Å². The Bertz CT molecular complexity index is 930. The van der Waals surface area contributed by atoms with Gasteiger partial charge in [-0.3, -0.25) is 0 Å². The van der Waals surface area contributed by atoms with Gasteiger partial charge in [-0.05, 0) is 33.9 Å². The summed E-state index contributed by atoms with van der Waals surface area (Å²) in [6, 6.07) is 14.1. The minimum Gasteiger partial charge on any atom is -0.250 e. The quantitative estimate of drug-likeness (QED) is 0.472. The molecule has 2 aromatic carbocycles. The van der Waals surface area contributed by atoms with Crippen molar-refractivity contribution in [3.8, 4) is 0 Å². The molecule has 0 saturated carbocycles. The van der Waals surface area contributed by atoms with Gasteiger partial charge >= 0.3 is 7.65 Å². The second-order valence-electron chi connectivity index (χ2n) is 8.17. The molecule has 0 aliphatic heterocycles. The predicted molar refractivity (Wildman–Crippen MR) is 98.4 cm³/mol. The molecule has 0 bridgehead atoms. The zero-order chi connectivity index (χ0) is 16.8. The Morgan fingerprint density at radius 3 is 2.26 bits per heavy atom. The molecule has 3 rings (SSSR count). The standard InChI is InChI=1S/C20H24O2P/c1-19(2,3)13-20(4,5)16-11-8-10-15-14-9-6-7-12-17(14)22-23(21)18(15)16/h6-12H,13H2,1-5H3/q+1. The SMILES string of the molecule is CC(C)(C)CC(C)(C)c1cccc2c3ccccc3o[p+](=O)c12. The summed E-state index contributed by atoms with van der Waals surface area (Å²) >= 11 is 0. The highest BCUT2D eigenvalue weighted by Gasteiger charge is 2.33. The first-order chi connectivity index (χ1) is 10.7. The van der Waals surface area contributed by atoms with Crippen molar-refractivity contribution in [3.63, 3.8) is 0 Å². The lowest BCUT2D eigenvalue weighted by Crippen LogP contribution is -2.24. The van der Waals surface area contributed by atoms with Crippen LogP contribution in [0.25, 0.3) is 21.5 Å². The summed E-state index contributed by atoms with van der Waals surface area (Å²) in [6.07, 6.45) is 1.02. The number of rotatable bonds is 2. The smallest absolute Gasteiger partial charge is 0.250 e. The largest absolute Gasteiger partial charge is 0.598 e. The Kier molecular flexibility index (Phi) is 3.84. The minimum atomic E-state index is -1.87. The van der Waals surface area contributed by atoms with Crippen molar-refractivity contribution in [2.24, 2.45) is 5.41 Å². The Morgan fingerprint density at radius 1 is 0.913 bits per heavy atom. The molecule has 0 saturated heterocycles. The van der Waals surface area contributed by atoms with Gasteiger partial charge in [0, 0.05) is 16.3 Å². The summed E-state index contributed by atoms with van der Waals surface area (Å²) in [5.74, 6) is 0. The molecule has 1 heterocycles. The van der Waals surface area contributed by atoms with E-state index in [-0.39, 0.29) is 10.8 Å². The maximum absolute atomic E-state index is 12.8.